The van der Waals surface area contributed by atoms with Crippen LogP contribution in [0.1, 0.15) is 355 Å². The highest BCUT2D eigenvalue weighted by atomic mass is 33.1. The van der Waals surface area contributed by atoms with Crippen LogP contribution in [-0.4, -0.2) is 167 Å². The van der Waals surface area contributed by atoms with Gasteiger partial charge in [0.25, 0.3) is 0 Å². The minimum atomic E-state index is -0.377. The Bertz CT molecular complexity index is 1600. The molecule has 1 rings (SSSR count). The second kappa shape index (κ2) is 74.0. The molecule has 1 aliphatic rings. The summed E-state index contributed by atoms with van der Waals surface area (Å²) in [6, 6.07) is 0. The molecule has 560 valence electrons. The summed E-state index contributed by atoms with van der Waals surface area (Å²) in [5, 5.41) is 44.6. The van der Waals surface area contributed by atoms with Crippen LogP contribution in [0.2, 0.25) is 0 Å². The van der Waals surface area contributed by atoms with Gasteiger partial charge < -0.3 is 30.1 Å². The first kappa shape index (κ1) is 91.8. The number of carbonyl (C=O) groups excluding carboxylic acids is 1. The van der Waals surface area contributed by atoms with Crippen LogP contribution < -0.4 is 0 Å². The fourth-order valence-electron chi connectivity index (χ4n) is 13.1. The van der Waals surface area contributed by atoms with Crippen molar-refractivity contribution in [3.63, 3.8) is 0 Å². The number of rotatable bonds is 75. The molecule has 0 saturated carbocycles. The smallest absolute Gasteiger partial charge is 0.305 e. The van der Waals surface area contributed by atoms with Crippen LogP contribution in [0, 0.1) is 0 Å². The molecule has 4 atom stereocenters. The molecule has 1 aliphatic heterocycles. The summed E-state index contributed by atoms with van der Waals surface area (Å²) < 4.78 is 5.74. The Balaban J connectivity index is 2.36. The number of nitrogens with zero attached hydrogens (tertiary/aromatic N) is 4. The Morgan fingerprint density at radius 3 is 1.02 bits per heavy atom. The van der Waals surface area contributed by atoms with Crippen molar-refractivity contribution in [1.82, 2.24) is 19.6 Å². The molecule has 95 heavy (non-hydrogen) atoms. The Kier molecular flexibility index (Phi) is 71.5. The summed E-state index contributed by atoms with van der Waals surface area (Å²) >= 11 is 0. The number of hydrogen-bond donors (Lipinski definition) is 4. The minimum absolute atomic E-state index is 0.108. The van der Waals surface area contributed by atoms with Gasteiger partial charge in [0, 0.05) is 76.8 Å². The van der Waals surface area contributed by atoms with Gasteiger partial charge in [0.2, 0.25) is 0 Å². The van der Waals surface area contributed by atoms with Crippen molar-refractivity contribution in [2.24, 2.45) is 0 Å². The third-order valence-corrected chi connectivity index (χ3v) is 21.9. The highest BCUT2D eigenvalue weighted by molar-refractivity contribution is 8.76. The molecule has 0 amide bonds. The van der Waals surface area contributed by atoms with Gasteiger partial charge in [-0.05, 0) is 148 Å². The van der Waals surface area contributed by atoms with E-state index in [9.17, 15) is 25.2 Å². The van der Waals surface area contributed by atoms with E-state index in [1.54, 1.807) is 0 Å². The highest BCUT2D eigenvalue weighted by Gasteiger charge is 2.20. The van der Waals surface area contributed by atoms with Crippen LogP contribution in [0.25, 0.3) is 0 Å². The van der Waals surface area contributed by atoms with Crippen molar-refractivity contribution >= 4 is 27.6 Å². The maximum absolute atomic E-state index is 12.8. The number of unbranched alkanes of at least 4 members (excludes halogenated alkanes) is 35. The molecule has 0 aromatic heterocycles. The van der Waals surface area contributed by atoms with Gasteiger partial charge >= 0.3 is 5.97 Å². The minimum Gasteiger partial charge on any atom is -0.464 e. The zero-order valence-electron chi connectivity index (χ0n) is 63.3. The number of allylic oxidation sites excluding steroid dienone is 8. The second-order valence-corrected chi connectivity index (χ2v) is 31.5. The average molecular weight is 1370 g/mol. The van der Waals surface area contributed by atoms with Gasteiger partial charge in [0.1, 0.15) is 6.61 Å². The van der Waals surface area contributed by atoms with Gasteiger partial charge in [-0.3, -0.25) is 19.5 Å². The van der Waals surface area contributed by atoms with Crippen molar-refractivity contribution in [3.05, 3.63) is 48.6 Å². The Hall–Kier alpha value is -1.19. The average Bonchev–Trinajstić information content (AvgIpc) is 2.51. The lowest BCUT2D eigenvalue weighted by Gasteiger charge is -2.34. The highest BCUT2D eigenvalue weighted by Crippen LogP contribution is 2.25. The lowest BCUT2D eigenvalue weighted by Crippen LogP contribution is -2.47. The van der Waals surface area contributed by atoms with E-state index < -0.39 is 0 Å². The number of carbonyl (C=O) groups is 1. The van der Waals surface area contributed by atoms with Gasteiger partial charge in [-0.15, -0.1) is 0 Å². The molecule has 0 aliphatic carbocycles. The summed E-state index contributed by atoms with van der Waals surface area (Å²) in [7, 11) is 4.04. The van der Waals surface area contributed by atoms with E-state index in [1.165, 1.54) is 224 Å². The number of aliphatic hydroxyl groups excluding tert-OH is 4. The summed E-state index contributed by atoms with van der Waals surface area (Å²) in [5.74, 6) is 2.22. The summed E-state index contributed by atoms with van der Waals surface area (Å²) in [4.78, 5) is 22.5. The maximum atomic E-state index is 12.8. The standard InChI is InChI=1S/C83H160N4O6S2/c1-5-9-13-17-21-25-29-31-33-35-39-43-47-51-61-81(90)77-87(78-82(91)62-52-48-44-40-36-34-32-30-26-22-18-14-10-6-2)66-56-58-74-95-94-73-57-55-64-84-67-69-85(70-68-84)71-72-93-83(92)63-53-54-65-86(75-79(88)59-49-45-41-37-27-23-19-15-11-7-3)76-80(89)60-50-46-42-38-28-24-20-16-12-8-4/h21-22,25-26,31-34,79-82,88-91H,5-20,23-24,27-30,35-78H2,1-4H3/b25-21-,26-22-,33-31-,34-32-. The quantitative estimate of drug-likeness (QED) is 0.0201. The van der Waals surface area contributed by atoms with E-state index in [2.05, 4.69) is 95.9 Å². The van der Waals surface area contributed by atoms with Crippen molar-refractivity contribution in [2.45, 2.75) is 380 Å². The first-order valence-corrected chi connectivity index (χ1v) is 43.8. The predicted molar refractivity (Wildman–Crippen MR) is 420 cm³/mol. The molecule has 4 N–H and O–H groups in total. The van der Waals surface area contributed by atoms with E-state index in [0.29, 0.717) is 39.2 Å². The lowest BCUT2D eigenvalue weighted by molar-refractivity contribution is -0.144. The van der Waals surface area contributed by atoms with Crippen LogP contribution in [0.3, 0.4) is 0 Å². The molecular formula is C83H160N4O6S2. The first-order chi connectivity index (χ1) is 46.7. The summed E-state index contributed by atoms with van der Waals surface area (Å²) in [6.07, 6.45) is 77.2. The molecule has 10 nitrogen and oxygen atoms in total. The SMILES string of the molecule is CCCCC/C=C\C/C=C\CCCCCCC(O)CN(CCCCSSCCCCN1CCN(CCOC(=O)CCCCN(CC(O)CCCCCCCCCCCC)CC(O)CCCCCCCCCCCC)CC1)CC(O)CCCCCC/C=C\C/C=C\CCCCC. The molecule has 1 heterocycles. The molecule has 0 aromatic carbocycles. The first-order valence-electron chi connectivity index (χ1n) is 41.3. The van der Waals surface area contributed by atoms with Gasteiger partial charge in [0.05, 0.1) is 24.4 Å². The largest absolute Gasteiger partial charge is 0.464 e. The van der Waals surface area contributed by atoms with Crippen LogP contribution >= 0.6 is 21.6 Å². The maximum Gasteiger partial charge on any atom is 0.305 e. The molecule has 4 unspecified atom stereocenters. The third-order valence-electron chi connectivity index (χ3n) is 19.4. The van der Waals surface area contributed by atoms with E-state index in [0.717, 1.165) is 161 Å². The van der Waals surface area contributed by atoms with Crippen molar-refractivity contribution in [3.8, 4) is 0 Å². The molecule has 0 bridgehead atoms. The zero-order chi connectivity index (χ0) is 68.6. The van der Waals surface area contributed by atoms with Crippen LogP contribution in [0.4, 0.5) is 0 Å². The predicted octanol–water partition coefficient (Wildman–Crippen LogP) is 21.8. The number of hydrogen-bond acceptors (Lipinski definition) is 12. The molecule has 1 fully saturated rings. The molecular weight excluding hydrogens is 1210 g/mol. The third kappa shape index (κ3) is 67.1. The Labute approximate surface area is 598 Å². The van der Waals surface area contributed by atoms with Gasteiger partial charge in [-0.25, -0.2) is 0 Å². The van der Waals surface area contributed by atoms with Crippen LogP contribution in [0.15, 0.2) is 48.6 Å². The molecule has 0 spiro atoms. The number of ether oxygens (including phenoxy) is 1. The summed E-state index contributed by atoms with van der Waals surface area (Å²) in [5.41, 5.74) is 0. The lowest BCUT2D eigenvalue weighted by atomic mass is 10.0. The monoisotopic (exact) mass is 1370 g/mol. The van der Waals surface area contributed by atoms with Crippen LogP contribution in [-0.2, 0) is 9.53 Å². The molecule has 0 aromatic rings. The Morgan fingerprint density at radius 2 is 0.653 bits per heavy atom. The van der Waals surface area contributed by atoms with Crippen molar-refractivity contribution < 1.29 is 30.0 Å². The van der Waals surface area contributed by atoms with Crippen molar-refractivity contribution in [2.75, 3.05) is 96.6 Å². The van der Waals surface area contributed by atoms with E-state index >= 15 is 0 Å². The van der Waals surface area contributed by atoms with Crippen molar-refractivity contribution in [1.29, 1.82) is 0 Å². The van der Waals surface area contributed by atoms with Crippen LogP contribution in [0.5, 0.6) is 0 Å². The Morgan fingerprint density at radius 1 is 0.358 bits per heavy atom. The van der Waals surface area contributed by atoms with Gasteiger partial charge in [-0.1, -0.05) is 291 Å². The van der Waals surface area contributed by atoms with Gasteiger partial charge in [-0.2, -0.15) is 0 Å². The fraction of sp³-hybridized carbons (Fsp3) is 0.892. The van der Waals surface area contributed by atoms with Gasteiger partial charge in [0.15, 0.2) is 0 Å². The molecule has 0 radical (unpaired) electrons. The van der Waals surface area contributed by atoms with E-state index in [4.69, 9.17) is 4.74 Å². The second-order valence-electron chi connectivity index (χ2n) is 28.8. The molecule has 1 saturated heterocycles. The number of esters is 1. The zero-order valence-corrected chi connectivity index (χ0v) is 64.9. The van der Waals surface area contributed by atoms with E-state index in [-0.39, 0.29) is 30.4 Å². The van der Waals surface area contributed by atoms with E-state index in [1.807, 2.05) is 21.6 Å². The fourth-order valence-corrected chi connectivity index (χ4v) is 15.4. The topological polar surface area (TPSA) is 120 Å². The number of piperazine rings is 1. The summed E-state index contributed by atoms with van der Waals surface area (Å²) in [6.45, 7) is 19.9. The molecule has 12 heteroatoms. The normalized spacial score (nSPS) is 15.0. The number of aliphatic hydroxyl groups is 4.